The third kappa shape index (κ3) is 2.47. The van der Waals surface area contributed by atoms with Gasteiger partial charge >= 0.3 is 5.97 Å². The molecule has 3 atom stereocenters. The number of nitrogens with zero attached hydrogens (tertiary/aromatic N) is 1. The van der Waals surface area contributed by atoms with Crippen LogP contribution in [0.25, 0.3) is 0 Å². The molecule has 1 aromatic carbocycles. The lowest BCUT2D eigenvalue weighted by atomic mass is 9.84. The molecule has 0 amide bonds. The third-order valence-corrected chi connectivity index (χ3v) is 5.12. The van der Waals surface area contributed by atoms with Crippen LogP contribution in [0.1, 0.15) is 43.2 Å². The van der Waals surface area contributed by atoms with Crippen molar-refractivity contribution in [1.29, 1.82) is 0 Å². The number of fused-ring (bicyclic) bond motifs is 1. The summed E-state index contributed by atoms with van der Waals surface area (Å²) in [5.74, 6) is -0.0538. The Kier molecular flexibility index (Phi) is 3.79. The van der Waals surface area contributed by atoms with Crippen molar-refractivity contribution in [2.75, 3.05) is 0 Å². The van der Waals surface area contributed by atoms with Crippen molar-refractivity contribution < 1.29 is 9.90 Å². The number of aliphatic carboxylic acids is 1. The highest BCUT2D eigenvalue weighted by Gasteiger charge is 2.44. The first kappa shape index (κ1) is 13.6. The quantitative estimate of drug-likeness (QED) is 0.919. The second-order valence-electron chi connectivity index (χ2n) is 6.30. The van der Waals surface area contributed by atoms with E-state index in [0.717, 1.165) is 13.0 Å². The van der Waals surface area contributed by atoms with Crippen molar-refractivity contribution in [2.45, 2.75) is 57.7 Å². The number of likely N-dealkylation sites (tertiary alicyclic amines) is 1. The molecule has 1 aliphatic heterocycles. The monoisotopic (exact) mass is 273 g/mol. The number of carboxylic acids is 1. The largest absolute Gasteiger partial charge is 0.480 e. The minimum absolute atomic E-state index is 0.289. The molecule has 0 aromatic heterocycles. The van der Waals surface area contributed by atoms with Crippen molar-refractivity contribution in [1.82, 2.24) is 4.90 Å². The Balaban J connectivity index is 1.84. The number of benzene rings is 1. The third-order valence-electron chi connectivity index (χ3n) is 5.12. The summed E-state index contributed by atoms with van der Waals surface area (Å²) in [4.78, 5) is 13.8. The van der Waals surface area contributed by atoms with E-state index in [1.54, 1.807) is 0 Å². The van der Waals surface area contributed by atoms with Crippen LogP contribution >= 0.6 is 0 Å². The van der Waals surface area contributed by atoms with Crippen LogP contribution in [-0.4, -0.2) is 28.1 Å². The molecule has 108 valence electrons. The molecule has 1 saturated carbocycles. The van der Waals surface area contributed by atoms with Gasteiger partial charge in [0.15, 0.2) is 0 Å². The number of aryl methyl sites for hydroxylation is 1. The fraction of sp³-hybridized carbons (Fsp3) is 0.588. The SMILES string of the molecule is Cc1ccccc1CN1[C@@H]2CCCC[C@H]2C[C@H]1C(=O)O. The molecule has 3 heteroatoms. The lowest BCUT2D eigenvalue weighted by Crippen LogP contribution is -2.41. The molecular formula is C17H23NO2. The molecule has 2 fully saturated rings. The molecule has 1 aromatic rings. The maximum absolute atomic E-state index is 11.6. The summed E-state index contributed by atoms with van der Waals surface area (Å²) in [6.45, 7) is 2.89. The first-order valence-electron chi connectivity index (χ1n) is 7.70. The van der Waals surface area contributed by atoms with Gasteiger partial charge in [-0.05, 0) is 43.2 Å². The maximum Gasteiger partial charge on any atom is 0.320 e. The van der Waals surface area contributed by atoms with E-state index in [1.807, 2.05) is 12.1 Å². The Hall–Kier alpha value is -1.35. The zero-order valence-electron chi connectivity index (χ0n) is 12.1. The standard InChI is InChI=1S/C17H23NO2/c1-12-6-2-3-8-14(12)11-18-15-9-5-4-7-13(15)10-16(18)17(19)20/h2-3,6,8,13,15-16H,4-5,7,9-11H2,1H3,(H,19,20)/t13-,15+,16-/m0/s1. The molecular weight excluding hydrogens is 250 g/mol. The van der Waals surface area contributed by atoms with Crippen LogP contribution in [0.15, 0.2) is 24.3 Å². The molecule has 3 rings (SSSR count). The number of rotatable bonds is 3. The summed E-state index contributed by atoms with van der Waals surface area (Å²) in [7, 11) is 0. The predicted octanol–water partition coefficient (Wildman–Crippen LogP) is 3.21. The first-order valence-corrected chi connectivity index (χ1v) is 7.70. The normalized spacial score (nSPS) is 30.1. The predicted molar refractivity (Wildman–Crippen MR) is 78.5 cm³/mol. The Labute approximate surface area is 120 Å². The smallest absolute Gasteiger partial charge is 0.320 e. The summed E-state index contributed by atoms with van der Waals surface area (Å²) < 4.78 is 0. The minimum Gasteiger partial charge on any atom is -0.480 e. The van der Waals surface area contributed by atoms with Crippen LogP contribution in [0.2, 0.25) is 0 Å². The fourth-order valence-electron chi connectivity index (χ4n) is 4.01. The van der Waals surface area contributed by atoms with E-state index < -0.39 is 5.97 Å². The number of hydrogen-bond acceptors (Lipinski definition) is 2. The molecule has 1 aliphatic carbocycles. The van der Waals surface area contributed by atoms with Gasteiger partial charge < -0.3 is 5.11 Å². The lowest BCUT2D eigenvalue weighted by molar-refractivity contribution is -0.142. The van der Waals surface area contributed by atoms with Crippen molar-refractivity contribution in [3.8, 4) is 0 Å². The van der Waals surface area contributed by atoms with Gasteiger partial charge in [0.05, 0.1) is 0 Å². The second-order valence-corrected chi connectivity index (χ2v) is 6.30. The van der Waals surface area contributed by atoms with Crippen molar-refractivity contribution >= 4 is 5.97 Å². The van der Waals surface area contributed by atoms with E-state index in [-0.39, 0.29) is 6.04 Å². The van der Waals surface area contributed by atoms with E-state index >= 15 is 0 Å². The molecule has 1 N–H and O–H groups in total. The van der Waals surface area contributed by atoms with Crippen LogP contribution in [-0.2, 0) is 11.3 Å². The summed E-state index contributed by atoms with van der Waals surface area (Å²) >= 11 is 0. The average Bonchev–Trinajstić information content (AvgIpc) is 2.81. The van der Waals surface area contributed by atoms with Crippen molar-refractivity contribution in [2.24, 2.45) is 5.92 Å². The Morgan fingerprint density at radius 2 is 2.05 bits per heavy atom. The van der Waals surface area contributed by atoms with Gasteiger partial charge in [-0.1, -0.05) is 37.1 Å². The van der Waals surface area contributed by atoms with Crippen LogP contribution in [0.4, 0.5) is 0 Å². The fourth-order valence-corrected chi connectivity index (χ4v) is 4.01. The van der Waals surface area contributed by atoms with Crippen LogP contribution in [0.5, 0.6) is 0 Å². The zero-order chi connectivity index (χ0) is 14.1. The summed E-state index contributed by atoms with van der Waals surface area (Å²) in [6.07, 6.45) is 5.73. The topological polar surface area (TPSA) is 40.5 Å². The van der Waals surface area contributed by atoms with E-state index in [9.17, 15) is 9.90 Å². The molecule has 1 heterocycles. The minimum atomic E-state index is -0.645. The molecule has 1 saturated heterocycles. The lowest BCUT2D eigenvalue weighted by Gasteiger charge is -2.33. The average molecular weight is 273 g/mol. The molecule has 0 spiro atoms. The molecule has 20 heavy (non-hydrogen) atoms. The first-order chi connectivity index (χ1) is 9.66. The highest BCUT2D eigenvalue weighted by Crippen LogP contribution is 2.40. The second kappa shape index (κ2) is 5.57. The Morgan fingerprint density at radius 1 is 1.30 bits per heavy atom. The number of hydrogen-bond donors (Lipinski definition) is 1. The maximum atomic E-state index is 11.6. The molecule has 0 unspecified atom stereocenters. The van der Waals surface area contributed by atoms with Gasteiger partial charge in [0, 0.05) is 12.6 Å². The van der Waals surface area contributed by atoms with Gasteiger partial charge in [0.2, 0.25) is 0 Å². The highest BCUT2D eigenvalue weighted by atomic mass is 16.4. The van der Waals surface area contributed by atoms with Crippen LogP contribution < -0.4 is 0 Å². The van der Waals surface area contributed by atoms with E-state index in [4.69, 9.17) is 0 Å². The van der Waals surface area contributed by atoms with E-state index in [2.05, 4.69) is 24.0 Å². The zero-order valence-corrected chi connectivity index (χ0v) is 12.1. The summed E-state index contributed by atoms with van der Waals surface area (Å²) in [5.41, 5.74) is 2.53. The van der Waals surface area contributed by atoms with Gasteiger partial charge in [-0.25, -0.2) is 0 Å². The van der Waals surface area contributed by atoms with Crippen molar-refractivity contribution in [3.63, 3.8) is 0 Å². The van der Waals surface area contributed by atoms with Crippen LogP contribution in [0, 0.1) is 12.8 Å². The van der Waals surface area contributed by atoms with Gasteiger partial charge in [-0.2, -0.15) is 0 Å². The van der Waals surface area contributed by atoms with Gasteiger partial charge in [0.25, 0.3) is 0 Å². The number of carbonyl (C=O) groups is 1. The Bertz CT molecular complexity index is 500. The number of carboxylic acid groups (broad SMARTS) is 1. The summed E-state index contributed by atoms with van der Waals surface area (Å²) in [6, 6.07) is 8.52. The van der Waals surface area contributed by atoms with Gasteiger partial charge in [-0.15, -0.1) is 0 Å². The van der Waals surface area contributed by atoms with Gasteiger partial charge in [0.1, 0.15) is 6.04 Å². The van der Waals surface area contributed by atoms with Crippen molar-refractivity contribution in [3.05, 3.63) is 35.4 Å². The molecule has 0 bridgehead atoms. The summed E-state index contributed by atoms with van der Waals surface area (Å²) in [5, 5.41) is 9.54. The van der Waals surface area contributed by atoms with E-state index in [0.29, 0.717) is 12.0 Å². The Morgan fingerprint density at radius 3 is 2.80 bits per heavy atom. The van der Waals surface area contributed by atoms with E-state index in [1.165, 1.54) is 36.8 Å². The molecule has 0 radical (unpaired) electrons. The highest BCUT2D eigenvalue weighted by molar-refractivity contribution is 5.74. The van der Waals surface area contributed by atoms with Crippen LogP contribution in [0.3, 0.4) is 0 Å². The molecule has 3 nitrogen and oxygen atoms in total. The van der Waals surface area contributed by atoms with Gasteiger partial charge in [-0.3, -0.25) is 9.69 Å². The molecule has 2 aliphatic rings.